The van der Waals surface area contributed by atoms with Gasteiger partial charge in [0, 0.05) is 19.4 Å². The first kappa shape index (κ1) is 13.9. The van der Waals surface area contributed by atoms with Crippen LogP contribution < -0.4 is 0 Å². The van der Waals surface area contributed by atoms with Gasteiger partial charge in [0.2, 0.25) is 0 Å². The van der Waals surface area contributed by atoms with Crippen molar-refractivity contribution >= 4 is 5.97 Å². The first-order valence-corrected chi connectivity index (χ1v) is 7.27. The summed E-state index contributed by atoms with van der Waals surface area (Å²) in [7, 11) is 0. The highest BCUT2D eigenvalue weighted by Gasteiger charge is 2.53. The zero-order valence-electron chi connectivity index (χ0n) is 11.8. The fourth-order valence-electron chi connectivity index (χ4n) is 4.58. The highest BCUT2D eigenvalue weighted by Crippen LogP contribution is 2.58. The van der Waals surface area contributed by atoms with Crippen LogP contribution in [0.25, 0.3) is 0 Å². The molecule has 2 fully saturated rings. The number of carbonyl (C=O) groups excluding carboxylic acids is 1. The van der Waals surface area contributed by atoms with Gasteiger partial charge in [0.15, 0.2) is 0 Å². The molecule has 5 atom stereocenters. The van der Waals surface area contributed by atoms with Crippen LogP contribution in [-0.2, 0) is 9.53 Å². The van der Waals surface area contributed by atoms with Crippen molar-refractivity contribution in [3.63, 3.8) is 0 Å². The molecule has 18 heavy (non-hydrogen) atoms. The van der Waals surface area contributed by atoms with Gasteiger partial charge in [0.25, 0.3) is 0 Å². The molecule has 0 aromatic carbocycles. The lowest BCUT2D eigenvalue weighted by Crippen LogP contribution is -2.43. The molecule has 3 heteroatoms. The first-order valence-electron chi connectivity index (χ1n) is 7.27. The Morgan fingerprint density at radius 1 is 1.44 bits per heavy atom. The summed E-state index contributed by atoms with van der Waals surface area (Å²) in [6.07, 6.45) is 5.78. The summed E-state index contributed by atoms with van der Waals surface area (Å²) < 4.78 is 5.53. The van der Waals surface area contributed by atoms with E-state index in [-0.39, 0.29) is 24.1 Å². The van der Waals surface area contributed by atoms with Gasteiger partial charge in [0.05, 0.1) is 0 Å². The number of hydrogen-bond acceptors (Lipinski definition) is 3. The number of carbonyl (C=O) groups is 1. The number of aliphatic hydroxyl groups is 1. The average molecular weight is 254 g/mol. The van der Waals surface area contributed by atoms with E-state index in [1.165, 1.54) is 19.8 Å². The van der Waals surface area contributed by atoms with Crippen LogP contribution >= 0.6 is 0 Å². The minimum Gasteiger partial charge on any atom is -0.462 e. The predicted molar refractivity (Wildman–Crippen MR) is 70.0 cm³/mol. The lowest BCUT2D eigenvalue weighted by Gasteiger charge is -2.45. The minimum atomic E-state index is -0.150. The third kappa shape index (κ3) is 2.29. The molecule has 0 amide bonds. The summed E-state index contributed by atoms with van der Waals surface area (Å²) in [6, 6.07) is 0. The Balaban J connectivity index is 2.15. The van der Waals surface area contributed by atoms with E-state index in [2.05, 4.69) is 13.8 Å². The lowest BCUT2D eigenvalue weighted by atomic mass is 9.62. The van der Waals surface area contributed by atoms with Crippen molar-refractivity contribution in [2.24, 2.45) is 23.2 Å². The minimum absolute atomic E-state index is 0.108. The summed E-state index contributed by atoms with van der Waals surface area (Å²) in [5.41, 5.74) is 0.251. The molecule has 0 radical (unpaired) electrons. The number of rotatable bonds is 3. The molecule has 0 bridgehead atoms. The standard InChI is InChI=1S/C15H26O3/c1-10(9-16)12-6-7-13-14(18-11(2)17)5-4-8-15(12,13)3/h10,12-14,16H,4-9H2,1-3H3. The Hall–Kier alpha value is -0.570. The average Bonchev–Trinajstić information content (AvgIpc) is 2.66. The summed E-state index contributed by atoms with van der Waals surface area (Å²) in [5, 5.41) is 9.43. The molecule has 2 aliphatic carbocycles. The largest absolute Gasteiger partial charge is 0.462 e. The highest BCUT2D eigenvalue weighted by molar-refractivity contribution is 5.66. The summed E-state index contributed by atoms with van der Waals surface area (Å²) >= 11 is 0. The Morgan fingerprint density at radius 3 is 2.78 bits per heavy atom. The van der Waals surface area contributed by atoms with Crippen LogP contribution in [0.4, 0.5) is 0 Å². The van der Waals surface area contributed by atoms with Crippen LogP contribution in [0.3, 0.4) is 0 Å². The van der Waals surface area contributed by atoms with E-state index in [0.717, 1.165) is 19.3 Å². The van der Waals surface area contributed by atoms with E-state index in [4.69, 9.17) is 4.74 Å². The Labute approximate surface area is 110 Å². The number of esters is 1. The van der Waals surface area contributed by atoms with Crippen LogP contribution in [0, 0.1) is 23.2 Å². The van der Waals surface area contributed by atoms with Crippen molar-refractivity contribution < 1.29 is 14.6 Å². The van der Waals surface area contributed by atoms with E-state index in [1.807, 2.05) is 0 Å². The molecule has 0 saturated heterocycles. The third-order valence-corrected chi connectivity index (χ3v) is 5.43. The SMILES string of the molecule is CC(=O)OC1CCCC2(C)C(C(C)CO)CCC12. The quantitative estimate of drug-likeness (QED) is 0.788. The molecule has 104 valence electrons. The van der Waals surface area contributed by atoms with Crippen molar-refractivity contribution in [3.8, 4) is 0 Å². The summed E-state index contributed by atoms with van der Waals surface area (Å²) in [4.78, 5) is 11.2. The van der Waals surface area contributed by atoms with Gasteiger partial charge in [-0.25, -0.2) is 0 Å². The molecule has 2 rings (SSSR count). The Bertz CT molecular complexity index is 315. The molecule has 0 aliphatic heterocycles. The molecular formula is C15H26O3. The van der Waals surface area contributed by atoms with E-state index in [0.29, 0.717) is 17.8 Å². The molecule has 0 aromatic heterocycles. The maximum atomic E-state index is 11.2. The van der Waals surface area contributed by atoms with Gasteiger partial charge in [0.1, 0.15) is 6.10 Å². The van der Waals surface area contributed by atoms with Gasteiger partial charge < -0.3 is 9.84 Å². The molecular weight excluding hydrogens is 228 g/mol. The molecule has 0 heterocycles. The smallest absolute Gasteiger partial charge is 0.302 e. The monoisotopic (exact) mass is 254 g/mol. The molecule has 2 saturated carbocycles. The van der Waals surface area contributed by atoms with Gasteiger partial charge in [-0.2, -0.15) is 0 Å². The van der Waals surface area contributed by atoms with Crippen molar-refractivity contribution in [3.05, 3.63) is 0 Å². The van der Waals surface area contributed by atoms with Gasteiger partial charge in [-0.05, 0) is 49.4 Å². The summed E-state index contributed by atoms with van der Waals surface area (Å²) in [6.45, 7) is 6.27. The fourth-order valence-corrected chi connectivity index (χ4v) is 4.58. The molecule has 0 spiro atoms. The normalized spacial score (nSPS) is 41.2. The second-order valence-electron chi connectivity index (χ2n) is 6.50. The number of ether oxygens (including phenoxy) is 1. The van der Waals surface area contributed by atoms with Gasteiger partial charge >= 0.3 is 5.97 Å². The van der Waals surface area contributed by atoms with Crippen molar-refractivity contribution in [2.75, 3.05) is 6.61 Å². The van der Waals surface area contributed by atoms with Gasteiger partial charge in [-0.15, -0.1) is 0 Å². The van der Waals surface area contributed by atoms with Crippen molar-refractivity contribution in [1.29, 1.82) is 0 Å². The van der Waals surface area contributed by atoms with Crippen LogP contribution in [-0.4, -0.2) is 23.8 Å². The van der Waals surface area contributed by atoms with E-state index in [1.54, 1.807) is 0 Å². The molecule has 3 nitrogen and oxygen atoms in total. The van der Waals surface area contributed by atoms with Crippen LogP contribution in [0.15, 0.2) is 0 Å². The van der Waals surface area contributed by atoms with Crippen LogP contribution in [0.5, 0.6) is 0 Å². The van der Waals surface area contributed by atoms with Crippen molar-refractivity contribution in [2.45, 2.75) is 59.0 Å². The lowest BCUT2D eigenvalue weighted by molar-refractivity contribution is -0.155. The maximum absolute atomic E-state index is 11.2. The zero-order chi connectivity index (χ0) is 13.3. The predicted octanol–water partition coefficient (Wildman–Crippen LogP) is 2.76. The van der Waals surface area contributed by atoms with Crippen LogP contribution in [0.2, 0.25) is 0 Å². The van der Waals surface area contributed by atoms with E-state index >= 15 is 0 Å². The zero-order valence-corrected chi connectivity index (χ0v) is 11.8. The summed E-state index contributed by atoms with van der Waals surface area (Å²) in [5.74, 6) is 1.28. The number of hydrogen-bond donors (Lipinski definition) is 1. The Kier molecular flexibility index (Phi) is 4.00. The van der Waals surface area contributed by atoms with Crippen molar-refractivity contribution in [1.82, 2.24) is 0 Å². The Morgan fingerprint density at radius 2 is 2.17 bits per heavy atom. The number of fused-ring (bicyclic) bond motifs is 1. The molecule has 0 aromatic rings. The molecule has 2 aliphatic rings. The fraction of sp³-hybridized carbons (Fsp3) is 0.933. The topological polar surface area (TPSA) is 46.5 Å². The third-order valence-electron chi connectivity index (χ3n) is 5.43. The van der Waals surface area contributed by atoms with Crippen LogP contribution in [0.1, 0.15) is 52.9 Å². The highest BCUT2D eigenvalue weighted by atomic mass is 16.5. The molecule has 5 unspecified atom stereocenters. The molecule has 1 N–H and O–H groups in total. The second-order valence-corrected chi connectivity index (χ2v) is 6.50. The first-order chi connectivity index (χ1) is 8.49. The van der Waals surface area contributed by atoms with Gasteiger partial charge in [-0.3, -0.25) is 4.79 Å². The second kappa shape index (κ2) is 5.20. The van der Waals surface area contributed by atoms with E-state index < -0.39 is 0 Å². The van der Waals surface area contributed by atoms with Gasteiger partial charge in [-0.1, -0.05) is 13.8 Å². The number of aliphatic hydroxyl groups excluding tert-OH is 1. The van der Waals surface area contributed by atoms with E-state index in [9.17, 15) is 9.90 Å². The maximum Gasteiger partial charge on any atom is 0.302 e.